The molecule has 96 valence electrons. The minimum absolute atomic E-state index is 0.0352. The van der Waals surface area contributed by atoms with Crippen LogP contribution in [0.15, 0.2) is 30.3 Å². The molecule has 1 aromatic heterocycles. The summed E-state index contributed by atoms with van der Waals surface area (Å²) >= 11 is 1.77. The van der Waals surface area contributed by atoms with Crippen LogP contribution in [0.5, 0.6) is 11.5 Å². The number of benzene rings is 1. The highest BCUT2D eigenvalue weighted by molar-refractivity contribution is 7.11. The van der Waals surface area contributed by atoms with Crippen molar-refractivity contribution in [1.29, 1.82) is 0 Å². The molecule has 0 spiro atoms. The monoisotopic (exact) mass is 263 g/mol. The highest BCUT2D eigenvalue weighted by atomic mass is 32.1. The quantitative estimate of drug-likeness (QED) is 0.793. The molecule has 0 radical (unpaired) electrons. The average molecular weight is 263 g/mol. The molecule has 18 heavy (non-hydrogen) atoms. The van der Waals surface area contributed by atoms with Crippen molar-refractivity contribution in [2.24, 2.45) is 0 Å². The van der Waals surface area contributed by atoms with Crippen LogP contribution in [0.1, 0.15) is 28.3 Å². The summed E-state index contributed by atoms with van der Waals surface area (Å²) in [4.78, 5) is 2.57. The van der Waals surface area contributed by atoms with E-state index in [4.69, 9.17) is 0 Å². The lowest BCUT2D eigenvalue weighted by molar-refractivity contribution is 0.436. The van der Waals surface area contributed by atoms with Crippen LogP contribution in [0.25, 0.3) is 0 Å². The number of phenolic OH excluding ortho intramolecular Hbond substituents is 2. The number of aromatic hydroxyl groups is 2. The summed E-state index contributed by atoms with van der Waals surface area (Å²) in [5.74, 6) is 0.203. The molecule has 1 unspecified atom stereocenters. The van der Waals surface area contributed by atoms with Gasteiger partial charge in [0.05, 0.1) is 0 Å². The summed E-state index contributed by atoms with van der Waals surface area (Å²) in [7, 11) is 0. The minimum atomic E-state index is 0.0352. The van der Waals surface area contributed by atoms with Gasteiger partial charge < -0.3 is 15.5 Å². The van der Waals surface area contributed by atoms with E-state index in [-0.39, 0.29) is 17.5 Å². The third-order valence-corrected chi connectivity index (χ3v) is 3.86. The van der Waals surface area contributed by atoms with Crippen molar-refractivity contribution in [3.63, 3.8) is 0 Å². The molecular weight excluding hydrogens is 246 g/mol. The van der Waals surface area contributed by atoms with Gasteiger partial charge in [-0.3, -0.25) is 0 Å². The van der Waals surface area contributed by atoms with Gasteiger partial charge in [0.2, 0.25) is 0 Å². The zero-order valence-corrected chi connectivity index (χ0v) is 11.3. The van der Waals surface area contributed by atoms with E-state index in [0.717, 1.165) is 12.1 Å². The van der Waals surface area contributed by atoms with Crippen molar-refractivity contribution in [1.82, 2.24) is 5.32 Å². The minimum Gasteiger partial charge on any atom is -0.508 e. The molecule has 0 saturated carbocycles. The van der Waals surface area contributed by atoms with E-state index in [1.54, 1.807) is 23.5 Å². The normalized spacial score (nSPS) is 12.6. The highest BCUT2D eigenvalue weighted by Gasteiger charge is 2.10. The summed E-state index contributed by atoms with van der Waals surface area (Å²) in [6, 6.07) is 8.93. The number of hydrogen-bond donors (Lipinski definition) is 3. The maximum absolute atomic E-state index is 9.77. The Kier molecular flexibility index (Phi) is 3.89. The number of nitrogens with one attached hydrogen (secondary N) is 1. The number of thiophene rings is 1. The molecule has 0 saturated heterocycles. The van der Waals surface area contributed by atoms with Gasteiger partial charge in [-0.15, -0.1) is 11.3 Å². The maximum atomic E-state index is 9.77. The molecule has 0 aliphatic rings. The van der Waals surface area contributed by atoms with Gasteiger partial charge in [0.1, 0.15) is 11.5 Å². The molecule has 1 heterocycles. The van der Waals surface area contributed by atoms with E-state index in [9.17, 15) is 10.2 Å². The number of rotatable bonds is 4. The van der Waals surface area contributed by atoms with E-state index in [0.29, 0.717) is 0 Å². The highest BCUT2D eigenvalue weighted by Crippen LogP contribution is 2.28. The molecule has 1 aromatic carbocycles. The third-order valence-electron chi connectivity index (χ3n) is 2.86. The third kappa shape index (κ3) is 3.03. The van der Waals surface area contributed by atoms with Gasteiger partial charge in [-0.1, -0.05) is 6.07 Å². The second-order valence-electron chi connectivity index (χ2n) is 4.36. The van der Waals surface area contributed by atoms with Gasteiger partial charge in [0.15, 0.2) is 0 Å². The van der Waals surface area contributed by atoms with Gasteiger partial charge in [0, 0.05) is 34.0 Å². The van der Waals surface area contributed by atoms with Crippen LogP contribution in [-0.4, -0.2) is 10.2 Å². The lowest BCUT2D eigenvalue weighted by Gasteiger charge is -2.15. The number of phenols is 2. The van der Waals surface area contributed by atoms with Crippen LogP contribution in [0, 0.1) is 6.92 Å². The second kappa shape index (κ2) is 5.42. The predicted molar refractivity (Wildman–Crippen MR) is 74.1 cm³/mol. The molecule has 2 aromatic rings. The fourth-order valence-corrected chi connectivity index (χ4v) is 2.68. The smallest absolute Gasteiger partial charge is 0.124 e. The lowest BCUT2D eigenvalue weighted by atomic mass is 10.1. The molecule has 4 heteroatoms. The Morgan fingerprint density at radius 2 is 2.00 bits per heavy atom. The van der Waals surface area contributed by atoms with Crippen molar-refractivity contribution in [2.75, 3.05) is 0 Å². The van der Waals surface area contributed by atoms with E-state index >= 15 is 0 Å². The Bertz CT molecular complexity index is 536. The molecule has 2 rings (SSSR count). The van der Waals surface area contributed by atoms with Crippen LogP contribution >= 0.6 is 11.3 Å². The van der Waals surface area contributed by atoms with Gasteiger partial charge in [-0.2, -0.15) is 0 Å². The van der Waals surface area contributed by atoms with E-state index in [1.165, 1.54) is 15.8 Å². The first kappa shape index (κ1) is 12.9. The van der Waals surface area contributed by atoms with E-state index in [1.807, 2.05) is 6.92 Å². The lowest BCUT2D eigenvalue weighted by Crippen LogP contribution is -2.17. The Labute approximate surface area is 111 Å². The molecular formula is C14H17NO2S. The molecule has 0 aliphatic carbocycles. The van der Waals surface area contributed by atoms with Gasteiger partial charge >= 0.3 is 0 Å². The van der Waals surface area contributed by atoms with E-state index < -0.39 is 0 Å². The predicted octanol–water partition coefficient (Wildman–Crippen LogP) is 3.32. The van der Waals surface area contributed by atoms with Crippen LogP contribution in [0.4, 0.5) is 0 Å². The zero-order chi connectivity index (χ0) is 13.1. The first-order valence-corrected chi connectivity index (χ1v) is 6.68. The van der Waals surface area contributed by atoms with E-state index in [2.05, 4.69) is 24.4 Å². The molecule has 3 nitrogen and oxygen atoms in total. The van der Waals surface area contributed by atoms with Gasteiger partial charge in [-0.05, 0) is 32.0 Å². The topological polar surface area (TPSA) is 52.5 Å². The summed E-state index contributed by atoms with van der Waals surface area (Å²) < 4.78 is 0. The maximum Gasteiger partial charge on any atom is 0.124 e. The summed E-state index contributed by atoms with van der Waals surface area (Å²) in [5.41, 5.74) is 0.793. The van der Waals surface area contributed by atoms with Crippen molar-refractivity contribution < 1.29 is 10.2 Å². The van der Waals surface area contributed by atoms with Crippen molar-refractivity contribution in [3.8, 4) is 11.5 Å². The summed E-state index contributed by atoms with van der Waals surface area (Å²) in [5, 5.41) is 22.4. The zero-order valence-electron chi connectivity index (χ0n) is 10.5. The number of aryl methyl sites for hydroxylation is 1. The molecule has 0 amide bonds. The average Bonchev–Trinajstić information content (AvgIpc) is 2.72. The fraction of sp³-hybridized carbons (Fsp3) is 0.286. The van der Waals surface area contributed by atoms with Crippen LogP contribution in [-0.2, 0) is 6.54 Å². The molecule has 0 aliphatic heterocycles. The Morgan fingerprint density at radius 1 is 1.22 bits per heavy atom. The molecule has 0 bridgehead atoms. The Morgan fingerprint density at radius 3 is 2.61 bits per heavy atom. The van der Waals surface area contributed by atoms with Crippen molar-refractivity contribution in [2.45, 2.75) is 26.4 Å². The number of hydrogen-bond acceptors (Lipinski definition) is 4. The first-order valence-electron chi connectivity index (χ1n) is 5.87. The molecule has 1 atom stereocenters. The van der Waals surface area contributed by atoms with Gasteiger partial charge in [0.25, 0.3) is 0 Å². The van der Waals surface area contributed by atoms with Crippen LogP contribution in [0.3, 0.4) is 0 Å². The van der Waals surface area contributed by atoms with Crippen molar-refractivity contribution in [3.05, 3.63) is 45.6 Å². The SMILES string of the molecule is Cc1ccc(CNC(C)c2ccc(O)cc2O)s1. The summed E-state index contributed by atoms with van der Waals surface area (Å²) in [6.07, 6.45) is 0. The molecule has 3 N–H and O–H groups in total. The van der Waals surface area contributed by atoms with Crippen LogP contribution in [0.2, 0.25) is 0 Å². The first-order chi connectivity index (χ1) is 8.56. The Balaban J connectivity index is 2.01. The fourth-order valence-electron chi connectivity index (χ4n) is 1.84. The standard InChI is InChI=1S/C14H17NO2S/c1-9-3-5-12(18-9)8-15-10(2)13-6-4-11(16)7-14(13)17/h3-7,10,15-17H,8H2,1-2H3. The van der Waals surface area contributed by atoms with Gasteiger partial charge in [-0.25, -0.2) is 0 Å². The summed E-state index contributed by atoms with van der Waals surface area (Å²) in [6.45, 7) is 4.86. The van der Waals surface area contributed by atoms with Crippen molar-refractivity contribution >= 4 is 11.3 Å². The van der Waals surface area contributed by atoms with Crippen LogP contribution < -0.4 is 5.32 Å². The molecule has 0 fully saturated rings. The largest absolute Gasteiger partial charge is 0.508 e. The second-order valence-corrected chi connectivity index (χ2v) is 5.73. The Hall–Kier alpha value is -1.52.